The van der Waals surface area contributed by atoms with E-state index in [2.05, 4.69) is 10.6 Å². The summed E-state index contributed by atoms with van der Waals surface area (Å²) in [6.07, 6.45) is 2.52. The predicted octanol–water partition coefficient (Wildman–Crippen LogP) is 2.20. The molecule has 10 nitrogen and oxygen atoms in total. The number of carbonyl (C=O) groups is 4. The smallest absolute Gasteiger partial charge is 0.341 e. The monoisotopic (exact) mass is 485 g/mol. The summed E-state index contributed by atoms with van der Waals surface area (Å²) in [5.74, 6) is -0.609. The maximum atomic E-state index is 13.2. The Kier molecular flexibility index (Phi) is 5.43. The number of imide groups is 1. The molecule has 0 saturated carbocycles. The summed E-state index contributed by atoms with van der Waals surface area (Å²) in [4.78, 5) is 53.0. The van der Waals surface area contributed by atoms with Crippen molar-refractivity contribution in [1.29, 1.82) is 0 Å². The van der Waals surface area contributed by atoms with E-state index in [0.29, 0.717) is 40.8 Å². The van der Waals surface area contributed by atoms with Crippen molar-refractivity contribution in [1.82, 2.24) is 10.2 Å². The van der Waals surface area contributed by atoms with E-state index >= 15 is 0 Å². The number of benzene rings is 1. The maximum Gasteiger partial charge on any atom is 0.341 e. The van der Waals surface area contributed by atoms with Gasteiger partial charge >= 0.3 is 12.0 Å². The molecule has 2 N–H and O–H groups in total. The van der Waals surface area contributed by atoms with Crippen molar-refractivity contribution in [2.45, 2.75) is 31.7 Å². The summed E-state index contributed by atoms with van der Waals surface area (Å²) < 4.78 is 16.0. The van der Waals surface area contributed by atoms with Crippen LogP contribution < -0.4 is 20.1 Å². The number of methoxy groups -OCH3 is 1. The summed E-state index contributed by atoms with van der Waals surface area (Å²) in [6.45, 7) is 1.91. The first-order valence-electron chi connectivity index (χ1n) is 10.9. The number of nitrogens with one attached hydrogen (secondary N) is 2. The fraction of sp³-hybridized carbons (Fsp3) is 0.391. The third kappa shape index (κ3) is 3.56. The highest BCUT2D eigenvalue weighted by atomic mass is 32.1. The highest BCUT2D eigenvalue weighted by molar-refractivity contribution is 7.17. The molecular formula is C23H23N3O7S. The van der Waals surface area contributed by atoms with Crippen molar-refractivity contribution < 1.29 is 33.4 Å². The molecule has 1 atom stereocenters. The number of nitrogens with zero attached hydrogens (tertiary/aromatic N) is 1. The minimum atomic E-state index is -1.37. The maximum absolute atomic E-state index is 13.2. The van der Waals surface area contributed by atoms with Gasteiger partial charge in [-0.05, 0) is 49.4 Å². The van der Waals surface area contributed by atoms with Gasteiger partial charge in [-0.2, -0.15) is 0 Å². The minimum Gasteiger partial charge on any atom is -0.486 e. The number of amides is 4. The molecule has 178 valence electrons. The molecule has 0 unspecified atom stereocenters. The van der Waals surface area contributed by atoms with Crippen LogP contribution in [0.5, 0.6) is 11.5 Å². The highest BCUT2D eigenvalue weighted by Crippen LogP contribution is 2.40. The number of ether oxygens (including phenoxy) is 3. The van der Waals surface area contributed by atoms with Crippen LogP contribution in [0.15, 0.2) is 18.2 Å². The molecule has 3 aliphatic rings. The molecule has 34 heavy (non-hydrogen) atoms. The Balaban J connectivity index is 1.34. The van der Waals surface area contributed by atoms with E-state index < -0.39 is 35.9 Å². The lowest BCUT2D eigenvalue weighted by molar-refractivity contribution is -0.133. The second-order valence-corrected chi connectivity index (χ2v) is 9.51. The number of fused-ring (bicyclic) bond motifs is 2. The molecule has 1 aliphatic carbocycles. The predicted molar refractivity (Wildman–Crippen MR) is 121 cm³/mol. The van der Waals surface area contributed by atoms with Crippen LogP contribution in [0.4, 0.5) is 9.80 Å². The van der Waals surface area contributed by atoms with Crippen molar-refractivity contribution in [3.8, 4) is 11.5 Å². The largest absolute Gasteiger partial charge is 0.486 e. The third-order valence-corrected chi connectivity index (χ3v) is 7.47. The zero-order valence-corrected chi connectivity index (χ0v) is 19.5. The molecule has 4 amide bonds. The molecule has 1 aromatic heterocycles. The Morgan fingerprint density at radius 3 is 2.74 bits per heavy atom. The molecular weight excluding hydrogens is 462 g/mol. The van der Waals surface area contributed by atoms with Gasteiger partial charge in [0.15, 0.2) is 11.5 Å². The Hall–Kier alpha value is -3.60. The average Bonchev–Trinajstić information content (AvgIpc) is 3.47. The minimum absolute atomic E-state index is 0.353. The van der Waals surface area contributed by atoms with Gasteiger partial charge in [-0.25, -0.2) is 9.59 Å². The zero-order chi connectivity index (χ0) is 24.0. The molecule has 0 radical (unpaired) electrons. The van der Waals surface area contributed by atoms with Crippen LogP contribution in [-0.2, 0) is 32.7 Å². The van der Waals surface area contributed by atoms with Crippen molar-refractivity contribution in [2.24, 2.45) is 0 Å². The highest BCUT2D eigenvalue weighted by Gasteiger charge is 2.50. The van der Waals surface area contributed by atoms with Gasteiger partial charge in [0.05, 0.1) is 12.7 Å². The fourth-order valence-electron chi connectivity index (χ4n) is 4.51. The van der Waals surface area contributed by atoms with E-state index in [1.165, 1.54) is 18.4 Å². The number of hydrogen-bond acceptors (Lipinski definition) is 8. The first-order chi connectivity index (χ1) is 16.3. The van der Waals surface area contributed by atoms with E-state index in [1.807, 2.05) is 0 Å². The van der Waals surface area contributed by atoms with Crippen LogP contribution in [0, 0.1) is 0 Å². The molecule has 0 bridgehead atoms. The van der Waals surface area contributed by atoms with Crippen LogP contribution in [-0.4, -0.2) is 55.6 Å². The lowest BCUT2D eigenvalue weighted by Gasteiger charge is -2.25. The van der Waals surface area contributed by atoms with Gasteiger partial charge in [0.1, 0.15) is 30.3 Å². The molecule has 0 spiro atoms. The number of aryl methyl sites for hydroxylation is 1. The first kappa shape index (κ1) is 22.2. The molecule has 2 aromatic rings. The Labute approximate surface area is 199 Å². The second-order valence-electron chi connectivity index (χ2n) is 8.41. The SMILES string of the molecule is COC(=O)c1c(NC(=O)CN2C(=O)N[C@](C)(c3ccc4c(c3)OCCO4)C2=O)sc2c1CCC2. The summed E-state index contributed by atoms with van der Waals surface area (Å²) in [5, 5.41) is 5.76. The van der Waals surface area contributed by atoms with E-state index in [-0.39, 0.29) is 0 Å². The molecule has 5 rings (SSSR count). The van der Waals surface area contributed by atoms with Gasteiger partial charge in [0.25, 0.3) is 5.91 Å². The second kappa shape index (κ2) is 8.32. The number of thiophene rings is 1. The van der Waals surface area contributed by atoms with Crippen molar-refractivity contribution in [3.63, 3.8) is 0 Å². The molecule has 1 saturated heterocycles. The number of carbonyl (C=O) groups excluding carboxylic acids is 4. The quantitative estimate of drug-likeness (QED) is 0.492. The number of urea groups is 1. The molecule has 2 aliphatic heterocycles. The topological polar surface area (TPSA) is 123 Å². The molecule has 11 heteroatoms. The van der Waals surface area contributed by atoms with Crippen LogP contribution in [0.2, 0.25) is 0 Å². The van der Waals surface area contributed by atoms with Crippen molar-refractivity contribution >= 4 is 40.2 Å². The lowest BCUT2D eigenvalue weighted by Crippen LogP contribution is -2.42. The number of esters is 1. The zero-order valence-electron chi connectivity index (χ0n) is 18.7. The van der Waals surface area contributed by atoms with Crippen LogP contribution >= 0.6 is 11.3 Å². The van der Waals surface area contributed by atoms with Crippen LogP contribution in [0.1, 0.15) is 39.7 Å². The number of rotatable bonds is 5. The van der Waals surface area contributed by atoms with Gasteiger partial charge in [0, 0.05) is 4.88 Å². The number of hydrogen-bond donors (Lipinski definition) is 2. The van der Waals surface area contributed by atoms with E-state index in [1.54, 1.807) is 25.1 Å². The first-order valence-corrected chi connectivity index (χ1v) is 11.7. The average molecular weight is 486 g/mol. The van der Waals surface area contributed by atoms with Crippen molar-refractivity contribution in [3.05, 3.63) is 39.8 Å². The molecule has 1 aromatic carbocycles. The van der Waals surface area contributed by atoms with Gasteiger partial charge in [-0.15, -0.1) is 11.3 Å². The lowest BCUT2D eigenvalue weighted by atomic mass is 9.91. The van der Waals surface area contributed by atoms with E-state index in [0.717, 1.165) is 34.6 Å². The summed E-state index contributed by atoms with van der Waals surface area (Å²) in [7, 11) is 1.29. The summed E-state index contributed by atoms with van der Waals surface area (Å²) >= 11 is 1.33. The van der Waals surface area contributed by atoms with Crippen LogP contribution in [0.3, 0.4) is 0 Å². The third-order valence-electron chi connectivity index (χ3n) is 6.26. The van der Waals surface area contributed by atoms with Gasteiger partial charge in [-0.1, -0.05) is 6.07 Å². The molecule has 1 fully saturated rings. The van der Waals surface area contributed by atoms with Gasteiger partial charge in [-0.3, -0.25) is 14.5 Å². The standard InChI is InChI=1S/C23H23N3O7S/c1-23(12-6-7-14-15(10-12)33-9-8-32-14)21(29)26(22(30)25-23)11-17(27)24-19-18(20(28)31-2)13-4-3-5-16(13)34-19/h6-7,10H,3-5,8-9,11H2,1-2H3,(H,24,27)(H,25,30)/t23-/m1/s1. The Bertz CT molecular complexity index is 1220. The van der Waals surface area contributed by atoms with E-state index in [4.69, 9.17) is 14.2 Å². The van der Waals surface area contributed by atoms with Crippen molar-refractivity contribution in [2.75, 3.05) is 32.2 Å². The number of anilines is 1. The molecule has 3 heterocycles. The van der Waals surface area contributed by atoms with Gasteiger partial charge < -0.3 is 24.8 Å². The Morgan fingerprint density at radius 2 is 1.97 bits per heavy atom. The normalized spacial score (nSPS) is 20.7. The van der Waals surface area contributed by atoms with Crippen LogP contribution in [0.25, 0.3) is 0 Å². The summed E-state index contributed by atoms with van der Waals surface area (Å²) in [5.41, 5.74) is 0.398. The van der Waals surface area contributed by atoms with E-state index in [9.17, 15) is 19.2 Å². The Morgan fingerprint density at radius 1 is 1.21 bits per heavy atom. The van der Waals surface area contributed by atoms with Gasteiger partial charge in [0.2, 0.25) is 5.91 Å². The fourth-order valence-corrected chi connectivity index (χ4v) is 5.80. The summed E-state index contributed by atoms with van der Waals surface area (Å²) in [6, 6.07) is 4.35.